The average Bonchev–Trinajstić information content (AvgIpc) is 2.17. The molecule has 0 bridgehead atoms. The minimum Gasteiger partial charge on any atom is -0.0925 e. The number of rotatable bonds is 7. The van der Waals surface area contributed by atoms with Crippen molar-refractivity contribution in [3.8, 4) is 0 Å². The summed E-state index contributed by atoms with van der Waals surface area (Å²) in [7, 11) is 0. The molecule has 0 aromatic heterocycles. The number of hydrogen-bond donors (Lipinski definition) is 0. The summed E-state index contributed by atoms with van der Waals surface area (Å²) in [4.78, 5) is 0. The zero-order chi connectivity index (χ0) is 12.4. The van der Waals surface area contributed by atoms with Gasteiger partial charge in [0.05, 0.1) is 0 Å². The molecule has 0 saturated heterocycles. The van der Waals surface area contributed by atoms with Gasteiger partial charge in [0.15, 0.2) is 0 Å². The fourth-order valence-corrected chi connectivity index (χ4v) is 2.03. The van der Waals surface area contributed by atoms with E-state index in [4.69, 9.17) is 0 Å². The molecule has 0 unspecified atom stereocenters. The van der Waals surface area contributed by atoms with Crippen molar-refractivity contribution >= 4 is 15.9 Å². The lowest BCUT2D eigenvalue weighted by Gasteiger charge is -1.99. The van der Waals surface area contributed by atoms with Crippen LogP contribution in [0.1, 0.15) is 53.4 Å². The largest absolute Gasteiger partial charge is 0.0925 e. The molecule has 0 aromatic rings. The van der Waals surface area contributed by atoms with Crippen molar-refractivity contribution in [3.63, 3.8) is 0 Å². The van der Waals surface area contributed by atoms with E-state index in [9.17, 15) is 0 Å². The molecule has 0 amide bonds. The summed E-state index contributed by atoms with van der Waals surface area (Å²) >= 11 is 3.46. The van der Waals surface area contributed by atoms with E-state index in [1.165, 1.54) is 29.6 Å². The molecule has 0 N–H and O–H groups in total. The van der Waals surface area contributed by atoms with Crippen molar-refractivity contribution in [1.82, 2.24) is 0 Å². The maximum Gasteiger partial charge on any atom is 0.00684 e. The molecule has 0 aliphatic heterocycles. The van der Waals surface area contributed by atoms with E-state index in [1.807, 2.05) is 0 Å². The number of halogens is 1. The van der Waals surface area contributed by atoms with Gasteiger partial charge in [0, 0.05) is 5.33 Å². The summed E-state index contributed by atoms with van der Waals surface area (Å²) < 4.78 is 0. The molecule has 0 spiro atoms. The monoisotopic (exact) mass is 284 g/mol. The lowest BCUT2D eigenvalue weighted by atomic mass is 10.1. The molecule has 0 rings (SSSR count). The average molecular weight is 285 g/mol. The Labute approximate surface area is 110 Å². The Morgan fingerprint density at radius 1 is 0.875 bits per heavy atom. The second-order valence-corrected chi connectivity index (χ2v) is 5.39. The van der Waals surface area contributed by atoms with Crippen LogP contribution in [-0.4, -0.2) is 5.33 Å². The number of allylic oxidation sites excluding steroid dienone is 6. The van der Waals surface area contributed by atoms with Gasteiger partial charge in [-0.25, -0.2) is 0 Å². The standard InChI is InChI=1S/C15H25Br/c1-13(2)7-5-8-14(3)9-6-10-15(4)11-12-16/h7,9-10H,5-6,8,11-12H2,1-4H3/b14-9+,15-10+. The molecule has 0 radical (unpaired) electrons. The first kappa shape index (κ1) is 15.7. The van der Waals surface area contributed by atoms with Gasteiger partial charge in [-0.05, 0) is 53.4 Å². The second kappa shape index (κ2) is 9.89. The fraction of sp³-hybridized carbons (Fsp3) is 0.600. The normalized spacial score (nSPS) is 12.8. The van der Waals surface area contributed by atoms with Crippen LogP contribution in [0.5, 0.6) is 0 Å². The third-order valence-electron chi connectivity index (χ3n) is 2.51. The van der Waals surface area contributed by atoms with Crippen LogP contribution in [-0.2, 0) is 0 Å². The van der Waals surface area contributed by atoms with Gasteiger partial charge in [-0.2, -0.15) is 0 Å². The molecule has 0 aromatic carbocycles. The third kappa shape index (κ3) is 10.2. The van der Waals surface area contributed by atoms with Crippen LogP contribution in [0.4, 0.5) is 0 Å². The van der Waals surface area contributed by atoms with Crippen molar-refractivity contribution in [3.05, 3.63) is 34.9 Å². The lowest BCUT2D eigenvalue weighted by molar-refractivity contribution is 0.957. The molecular weight excluding hydrogens is 260 g/mol. The Balaban J connectivity index is 3.87. The van der Waals surface area contributed by atoms with Crippen LogP contribution in [0.15, 0.2) is 34.9 Å². The van der Waals surface area contributed by atoms with E-state index in [0.29, 0.717) is 0 Å². The molecular formula is C15H25Br. The van der Waals surface area contributed by atoms with Crippen molar-refractivity contribution in [1.29, 1.82) is 0 Å². The van der Waals surface area contributed by atoms with Gasteiger partial charge in [0.1, 0.15) is 0 Å². The zero-order valence-electron chi connectivity index (χ0n) is 11.1. The minimum absolute atomic E-state index is 1.07. The summed E-state index contributed by atoms with van der Waals surface area (Å²) in [5.74, 6) is 0. The minimum atomic E-state index is 1.07. The maximum atomic E-state index is 3.46. The first-order valence-corrected chi connectivity index (χ1v) is 7.19. The van der Waals surface area contributed by atoms with Crippen molar-refractivity contribution in [2.75, 3.05) is 5.33 Å². The number of alkyl halides is 1. The van der Waals surface area contributed by atoms with Gasteiger partial charge >= 0.3 is 0 Å². The predicted octanol–water partition coefficient (Wildman–Crippen LogP) is 5.80. The number of hydrogen-bond acceptors (Lipinski definition) is 0. The lowest BCUT2D eigenvalue weighted by Crippen LogP contribution is -1.79. The molecule has 0 aliphatic rings. The van der Waals surface area contributed by atoms with E-state index >= 15 is 0 Å². The highest BCUT2D eigenvalue weighted by Gasteiger charge is 1.89. The molecule has 92 valence electrons. The van der Waals surface area contributed by atoms with Crippen LogP contribution in [0.25, 0.3) is 0 Å². The molecule has 1 heteroatoms. The van der Waals surface area contributed by atoms with Gasteiger partial charge in [-0.15, -0.1) is 0 Å². The highest BCUT2D eigenvalue weighted by molar-refractivity contribution is 9.09. The molecule has 0 fully saturated rings. The van der Waals surface area contributed by atoms with E-state index in [0.717, 1.165) is 18.2 Å². The Morgan fingerprint density at radius 2 is 1.44 bits per heavy atom. The summed E-state index contributed by atoms with van der Waals surface area (Å²) in [6.45, 7) is 8.75. The van der Waals surface area contributed by atoms with E-state index in [1.54, 1.807) is 0 Å². The van der Waals surface area contributed by atoms with Gasteiger partial charge < -0.3 is 0 Å². The van der Waals surface area contributed by atoms with E-state index in [2.05, 4.69) is 61.9 Å². The van der Waals surface area contributed by atoms with Crippen LogP contribution < -0.4 is 0 Å². The van der Waals surface area contributed by atoms with Crippen molar-refractivity contribution in [2.24, 2.45) is 0 Å². The van der Waals surface area contributed by atoms with Crippen LogP contribution in [0, 0.1) is 0 Å². The Hall–Kier alpha value is -0.300. The Morgan fingerprint density at radius 3 is 1.94 bits per heavy atom. The van der Waals surface area contributed by atoms with Crippen LogP contribution >= 0.6 is 15.9 Å². The third-order valence-corrected chi connectivity index (χ3v) is 2.91. The van der Waals surface area contributed by atoms with E-state index < -0.39 is 0 Å². The summed E-state index contributed by atoms with van der Waals surface area (Å²) in [5.41, 5.74) is 4.39. The summed E-state index contributed by atoms with van der Waals surface area (Å²) in [6, 6.07) is 0. The van der Waals surface area contributed by atoms with Crippen molar-refractivity contribution in [2.45, 2.75) is 53.4 Å². The highest BCUT2D eigenvalue weighted by atomic mass is 79.9. The second-order valence-electron chi connectivity index (χ2n) is 4.60. The van der Waals surface area contributed by atoms with Gasteiger partial charge in [0.2, 0.25) is 0 Å². The summed E-state index contributed by atoms with van der Waals surface area (Å²) in [5, 5.41) is 1.07. The molecule has 0 nitrogen and oxygen atoms in total. The first-order chi connectivity index (χ1) is 7.56. The van der Waals surface area contributed by atoms with E-state index in [-0.39, 0.29) is 0 Å². The zero-order valence-corrected chi connectivity index (χ0v) is 12.7. The topological polar surface area (TPSA) is 0 Å². The van der Waals surface area contributed by atoms with Crippen LogP contribution in [0.2, 0.25) is 0 Å². The highest BCUT2D eigenvalue weighted by Crippen LogP contribution is 2.09. The Kier molecular flexibility index (Phi) is 9.71. The predicted molar refractivity (Wildman–Crippen MR) is 79.2 cm³/mol. The molecule has 0 atom stereocenters. The van der Waals surface area contributed by atoms with Gasteiger partial charge in [0.25, 0.3) is 0 Å². The summed E-state index contributed by atoms with van der Waals surface area (Å²) in [6.07, 6.45) is 11.6. The SMILES string of the molecule is CC(C)=CCC/C(C)=C/C/C=C(\C)CCBr. The molecule has 0 aliphatic carbocycles. The fourth-order valence-electron chi connectivity index (χ4n) is 1.40. The quantitative estimate of drug-likeness (QED) is 0.409. The maximum absolute atomic E-state index is 3.46. The van der Waals surface area contributed by atoms with Crippen molar-refractivity contribution < 1.29 is 0 Å². The van der Waals surface area contributed by atoms with Gasteiger partial charge in [-0.1, -0.05) is 50.9 Å². The molecule has 0 saturated carbocycles. The van der Waals surface area contributed by atoms with Gasteiger partial charge in [-0.3, -0.25) is 0 Å². The smallest absolute Gasteiger partial charge is 0.00684 e. The molecule has 0 heterocycles. The van der Waals surface area contributed by atoms with Crippen LogP contribution in [0.3, 0.4) is 0 Å². The first-order valence-electron chi connectivity index (χ1n) is 6.07. The Bertz CT molecular complexity index is 265. The molecule has 16 heavy (non-hydrogen) atoms.